The Balaban J connectivity index is 1.24. The number of halogens is 1. The Hall–Kier alpha value is -3.74. The fraction of sp³-hybridized carbons (Fsp3) is 0.741. The largest absolute Gasteiger partial charge is 0.497 e. The Labute approximate surface area is 461 Å². The molecular formula is C58H92FN5O14. The minimum absolute atomic E-state index is 0.0824. The zero-order valence-electron chi connectivity index (χ0n) is 48.7. The van der Waals surface area contributed by atoms with Crippen molar-refractivity contribution in [1.29, 1.82) is 0 Å². The summed E-state index contributed by atoms with van der Waals surface area (Å²) in [7, 11) is 8.38. The molecule has 4 heterocycles. The number of hydrogen-bond acceptors (Lipinski definition) is 18. The van der Waals surface area contributed by atoms with E-state index in [1.165, 1.54) is 18.7 Å². The normalized spacial score (nSPS) is 37.8. The molecule has 0 radical (unpaired) electrons. The third kappa shape index (κ3) is 14.5. The second kappa shape index (κ2) is 26.9. The summed E-state index contributed by atoms with van der Waals surface area (Å²) in [5, 5.41) is 68.7. The van der Waals surface area contributed by atoms with Crippen LogP contribution in [-0.2, 0) is 44.4 Å². The number of alkyl halides is 1. The molecule has 6 rings (SSSR count). The van der Waals surface area contributed by atoms with Gasteiger partial charge in [-0.1, -0.05) is 62.4 Å². The lowest BCUT2D eigenvalue weighted by Crippen LogP contribution is -2.61. The monoisotopic (exact) mass is 1100 g/mol. The molecule has 0 bridgehead atoms. The summed E-state index contributed by atoms with van der Waals surface area (Å²) in [5.74, 6) is -2.12. The predicted molar refractivity (Wildman–Crippen MR) is 290 cm³/mol. The van der Waals surface area contributed by atoms with Crippen molar-refractivity contribution in [2.24, 2.45) is 17.8 Å². The van der Waals surface area contributed by atoms with Crippen molar-refractivity contribution in [3.05, 3.63) is 66.0 Å². The number of aromatic nitrogens is 3. The van der Waals surface area contributed by atoms with E-state index in [0.29, 0.717) is 31.6 Å². The summed E-state index contributed by atoms with van der Waals surface area (Å²) in [6.07, 6.45) is -8.03. The summed E-state index contributed by atoms with van der Waals surface area (Å²) >= 11 is 0. The van der Waals surface area contributed by atoms with E-state index >= 15 is 0 Å². The van der Waals surface area contributed by atoms with Gasteiger partial charge in [-0.3, -0.25) is 4.79 Å². The first-order chi connectivity index (χ1) is 36.7. The zero-order valence-corrected chi connectivity index (χ0v) is 48.7. The fourth-order valence-corrected chi connectivity index (χ4v) is 12.2. The van der Waals surface area contributed by atoms with Crippen LogP contribution in [0.15, 0.2) is 54.7 Å². The minimum atomic E-state index is -1.85. The van der Waals surface area contributed by atoms with Crippen molar-refractivity contribution in [3.63, 3.8) is 0 Å². The van der Waals surface area contributed by atoms with E-state index in [1.54, 1.807) is 68.9 Å². The van der Waals surface area contributed by atoms with E-state index < -0.39 is 127 Å². The average molecular weight is 1100 g/mol. The van der Waals surface area contributed by atoms with E-state index in [0.717, 1.165) is 22.4 Å². The van der Waals surface area contributed by atoms with Crippen molar-refractivity contribution < 1.29 is 72.6 Å². The summed E-state index contributed by atoms with van der Waals surface area (Å²) in [6, 6.07) is 13.7. The topological polar surface area (TPSA) is 229 Å². The highest BCUT2D eigenvalue weighted by molar-refractivity contribution is 5.73. The molecule has 3 fully saturated rings. The van der Waals surface area contributed by atoms with Gasteiger partial charge in [-0.2, -0.15) is 0 Å². The molecule has 0 aliphatic carbocycles. The maximum Gasteiger partial charge on any atom is 0.311 e. The number of methoxy groups -OCH3 is 3. The Morgan fingerprint density at radius 2 is 1.54 bits per heavy atom. The van der Waals surface area contributed by atoms with Crippen LogP contribution in [0.2, 0.25) is 0 Å². The molecule has 3 aliphatic rings. The van der Waals surface area contributed by atoms with Gasteiger partial charge in [0, 0.05) is 64.3 Å². The number of likely N-dealkylation sites (N-methyl/N-ethyl adjacent to an activating group) is 2. The first kappa shape index (κ1) is 63.4. The number of carbonyl (C=O) groups excluding carboxylic acids is 1. The molecule has 1 aromatic heterocycles. The molecule has 0 saturated carbocycles. The molecule has 3 aliphatic heterocycles. The quantitative estimate of drug-likeness (QED) is 0.102. The van der Waals surface area contributed by atoms with Crippen molar-refractivity contribution in [2.45, 2.75) is 204 Å². The summed E-state index contributed by atoms with van der Waals surface area (Å²) in [5.41, 5.74) is -1.21. The number of aliphatic hydroxyl groups is 5. The van der Waals surface area contributed by atoms with Crippen LogP contribution >= 0.6 is 0 Å². The van der Waals surface area contributed by atoms with Crippen molar-refractivity contribution in [1.82, 2.24) is 24.8 Å². The Morgan fingerprint density at radius 3 is 2.13 bits per heavy atom. The standard InChI is InChI=1S/C58H92FN5O14/c1-16-46-58(10,70)51(66)37(6)63(12)31-33(2)28-56(8,69)53(35(4)49(36(5)54(68)76-46)77-47-29-57(9,73-15)52(67)38(7)75-47)78-55-48(65)44(27-34(3)74-55)62(11)26-25-42-32-64(61-60-42)45(30-59)50(72-14)41-19-17-39(18-20-41)40-21-23-43(71-13)24-22-40/h17-24,32-38,44-53,55,65-67,69-70H,16,25-31H2,1-15H3/t33-,34-,35+,36-,37-,38+,44+,45-,46-,47+,48-,49+,50-,51-,52+,53-,55+,56-,57-,58-/m1/s1. The van der Waals surface area contributed by atoms with Gasteiger partial charge in [0.05, 0.1) is 54.3 Å². The van der Waals surface area contributed by atoms with Gasteiger partial charge in [0.1, 0.15) is 54.6 Å². The highest BCUT2D eigenvalue weighted by Gasteiger charge is 2.53. The second-order valence-corrected chi connectivity index (χ2v) is 23.4. The maximum atomic E-state index is 15.0. The lowest BCUT2D eigenvalue weighted by molar-refractivity contribution is -0.318. The number of rotatable bonds is 17. The average Bonchev–Trinajstić information content (AvgIpc) is 3.89. The summed E-state index contributed by atoms with van der Waals surface area (Å²) in [6.45, 7) is 17.5. The lowest BCUT2D eigenvalue weighted by Gasteiger charge is -2.49. The van der Waals surface area contributed by atoms with Gasteiger partial charge >= 0.3 is 5.97 Å². The second-order valence-electron chi connectivity index (χ2n) is 23.4. The predicted octanol–water partition coefficient (Wildman–Crippen LogP) is 5.68. The van der Waals surface area contributed by atoms with Crippen LogP contribution < -0.4 is 4.74 Å². The van der Waals surface area contributed by atoms with Crippen LogP contribution in [0.4, 0.5) is 4.39 Å². The number of benzene rings is 2. The molecule has 20 heteroatoms. The minimum Gasteiger partial charge on any atom is -0.497 e. The van der Waals surface area contributed by atoms with Crippen LogP contribution in [-0.4, -0.2) is 202 Å². The Kier molecular flexibility index (Phi) is 21.9. The van der Waals surface area contributed by atoms with Gasteiger partial charge in [-0.25, -0.2) is 9.07 Å². The van der Waals surface area contributed by atoms with Crippen LogP contribution in [0.25, 0.3) is 11.1 Å². The highest BCUT2D eigenvalue weighted by atomic mass is 19.1. The first-order valence-corrected chi connectivity index (χ1v) is 27.7. The van der Waals surface area contributed by atoms with Crippen LogP contribution in [0.3, 0.4) is 0 Å². The van der Waals surface area contributed by atoms with E-state index in [2.05, 4.69) is 10.3 Å². The molecule has 78 heavy (non-hydrogen) atoms. The van der Waals surface area contributed by atoms with Crippen LogP contribution in [0.1, 0.15) is 118 Å². The molecule has 0 amide bonds. The molecule has 5 N–H and O–H groups in total. The first-order valence-electron chi connectivity index (χ1n) is 27.7. The van der Waals surface area contributed by atoms with Gasteiger partial charge in [0.25, 0.3) is 0 Å². The third-order valence-corrected chi connectivity index (χ3v) is 17.2. The smallest absolute Gasteiger partial charge is 0.311 e. The fourth-order valence-electron chi connectivity index (χ4n) is 12.2. The van der Waals surface area contributed by atoms with Gasteiger partial charge in [-0.05, 0) is 117 Å². The number of ether oxygens (including phenoxy) is 8. The molecular weight excluding hydrogens is 1010 g/mol. The lowest BCUT2D eigenvalue weighted by atomic mass is 9.77. The van der Waals surface area contributed by atoms with E-state index in [9.17, 15) is 34.7 Å². The highest BCUT2D eigenvalue weighted by Crippen LogP contribution is 2.41. The van der Waals surface area contributed by atoms with Crippen molar-refractivity contribution in [3.8, 4) is 16.9 Å². The van der Waals surface area contributed by atoms with Gasteiger partial charge in [0.15, 0.2) is 12.6 Å². The van der Waals surface area contributed by atoms with Crippen LogP contribution in [0.5, 0.6) is 5.75 Å². The van der Waals surface area contributed by atoms with E-state index in [-0.39, 0.29) is 25.2 Å². The van der Waals surface area contributed by atoms with Crippen LogP contribution in [0, 0.1) is 17.8 Å². The van der Waals surface area contributed by atoms with E-state index in [4.69, 9.17) is 37.9 Å². The number of aliphatic hydroxyl groups excluding tert-OH is 3. The Bertz CT molecular complexity index is 2330. The molecule has 20 atom stereocenters. The third-order valence-electron chi connectivity index (χ3n) is 17.2. The molecule has 19 nitrogen and oxygen atoms in total. The van der Waals surface area contributed by atoms with E-state index in [1.807, 2.05) is 86.3 Å². The van der Waals surface area contributed by atoms with Gasteiger partial charge in [0.2, 0.25) is 0 Å². The Morgan fingerprint density at radius 1 is 0.897 bits per heavy atom. The zero-order chi connectivity index (χ0) is 57.6. The number of cyclic esters (lactones) is 1. The molecule has 440 valence electrons. The summed E-state index contributed by atoms with van der Waals surface area (Å²) < 4.78 is 66.1. The molecule has 0 unspecified atom stereocenters. The number of esters is 1. The molecule has 2 aromatic carbocycles. The van der Waals surface area contributed by atoms with Crippen molar-refractivity contribution in [2.75, 3.05) is 55.2 Å². The molecule has 3 aromatic rings. The van der Waals surface area contributed by atoms with Gasteiger partial charge in [-0.15, -0.1) is 5.10 Å². The van der Waals surface area contributed by atoms with Gasteiger partial charge < -0.3 is 73.2 Å². The SMILES string of the molecule is CC[C@H]1OC(=O)[C@H](C)[C@@H](O[C@H]2C[C@@](C)(OC)[C@@H](O)[C@H](C)O2)[C@H](C)[C@@H](O[C@@H]2O[C@H](C)C[C@H](N(C)CCc3cn([C@H](CF)[C@H](OC)c4ccc(-c5ccc(OC)cc5)cc4)nn3)[C@H]2O)[C@](C)(O)C[C@@H](C)CN(C)[C@H](C)[C@@H](O)[C@]1(C)O. The summed E-state index contributed by atoms with van der Waals surface area (Å²) in [4.78, 5) is 18.5. The number of hydrogen-bond donors (Lipinski definition) is 5. The number of carbonyl (C=O) groups is 1. The molecule has 0 spiro atoms. The van der Waals surface area contributed by atoms with Crippen molar-refractivity contribution >= 4 is 5.97 Å². The maximum absolute atomic E-state index is 15.0. The molecule has 3 saturated heterocycles. The number of nitrogens with zero attached hydrogens (tertiary/aromatic N) is 5.